The minimum absolute atomic E-state index is 0.0883. The van der Waals surface area contributed by atoms with Gasteiger partial charge < -0.3 is 14.8 Å². The van der Waals surface area contributed by atoms with E-state index in [-0.39, 0.29) is 12.5 Å². The zero-order valence-electron chi connectivity index (χ0n) is 14.5. The second-order valence-corrected chi connectivity index (χ2v) is 5.86. The third-order valence-corrected chi connectivity index (χ3v) is 3.91. The number of carbonyl (C=O) groups is 1. The summed E-state index contributed by atoms with van der Waals surface area (Å²) in [6, 6.07) is 13.7. The van der Waals surface area contributed by atoms with Crippen molar-refractivity contribution < 1.29 is 14.3 Å². The van der Waals surface area contributed by atoms with Crippen molar-refractivity contribution >= 4 is 34.0 Å². The van der Waals surface area contributed by atoms with E-state index in [0.717, 1.165) is 17.2 Å². The van der Waals surface area contributed by atoms with Crippen LogP contribution in [0.2, 0.25) is 0 Å². The van der Waals surface area contributed by atoms with E-state index in [2.05, 4.69) is 10.7 Å². The predicted octanol–water partition coefficient (Wildman–Crippen LogP) is 2.09. The van der Waals surface area contributed by atoms with Gasteiger partial charge in [0, 0.05) is 27.3 Å². The number of hydrogen-bond acceptors (Lipinski definition) is 4. The summed E-state index contributed by atoms with van der Waals surface area (Å²) in [5.41, 5.74) is 2.66. The SMILES string of the molecule is COCCCNC(=S)N(C)NC(=O)COc1ccc2ccccc2c1. The Morgan fingerprint density at radius 2 is 1.96 bits per heavy atom. The molecule has 0 bridgehead atoms. The van der Waals surface area contributed by atoms with Crippen LogP contribution in [0.15, 0.2) is 42.5 Å². The van der Waals surface area contributed by atoms with E-state index in [1.165, 1.54) is 5.01 Å². The van der Waals surface area contributed by atoms with Gasteiger partial charge in [-0.3, -0.25) is 15.2 Å². The van der Waals surface area contributed by atoms with Gasteiger partial charge in [0.25, 0.3) is 5.91 Å². The molecular formula is C18H23N3O3S. The number of methoxy groups -OCH3 is 1. The molecule has 1 amide bonds. The van der Waals surface area contributed by atoms with Gasteiger partial charge in [-0.2, -0.15) is 0 Å². The average molecular weight is 361 g/mol. The maximum atomic E-state index is 12.0. The molecule has 0 aliphatic heterocycles. The Labute approximate surface area is 153 Å². The molecule has 0 heterocycles. The van der Waals surface area contributed by atoms with Crippen molar-refractivity contribution in [1.29, 1.82) is 0 Å². The van der Waals surface area contributed by atoms with Gasteiger partial charge in [0.15, 0.2) is 11.7 Å². The van der Waals surface area contributed by atoms with Crippen molar-refractivity contribution in [2.45, 2.75) is 6.42 Å². The van der Waals surface area contributed by atoms with Gasteiger partial charge in [-0.05, 0) is 41.5 Å². The molecule has 0 saturated carbocycles. The molecule has 6 nitrogen and oxygen atoms in total. The third-order valence-electron chi connectivity index (χ3n) is 3.49. The molecule has 2 aromatic carbocycles. The number of carbonyl (C=O) groups excluding carboxylic acids is 1. The quantitative estimate of drug-likeness (QED) is 0.447. The molecule has 0 atom stereocenters. The van der Waals surface area contributed by atoms with Crippen LogP contribution in [0.4, 0.5) is 0 Å². The van der Waals surface area contributed by atoms with E-state index in [4.69, 9.17) is 21.7 Å². The van der Waals surface area contributed by atoms with Crippen LogP contribution in [0.25, 0.3) is 10.8 Å². The fourth-order valence-electron chi connectivity index (χ4n) is 2.21. The minimum atomic E-state index is -0.281. The van der Waals surface area contributed by atoms with Crippen molar-refractivity contribution in [3.05, 3.63) is 42.5 Å². The van der Waals surface area contributed by atoms with Gasteiger partial charge in [0.05, 0.1) is 0 Å². The minimum Gasteiger partial charge on any atom is -0.484 e. The van der Waals surface area contributed by atoms with Gasteiger partial charge >= 0.3 is 0 Å². The molecular weight excluding hydrogens is 338 g/mol. The topological polar surface area (TPSA) is 62.8 Å². The Morgan fingerprint density at radius 1 is 1.20 bits per heavy atom. The highest BCUT2D eigenvalue weighted by atomic mass is 32.1. The summed E-state index contributed by atoms with van der Waals surface area (Å²) in [6.07, 6.45) is 0.837. The number of benzene rings is 2. The first-order valence-corrected chi connectivity index (χ1v) is 8.42. The second kappa shape index (κ2) is 9.80. The number of ether oxygens (including phenoxy) is 2. The largest absolute Gasteiger partial charge is 0.484 e. The zero-order valence-corrected chi connectivity index (χ0v) is 15.3. The summed E-state index contributed by atoms with van der Waals surface area (Å²) >= 11 is 5.19. The molecule has 2 N–H and O–H groups in total. The number of thiocarbonyl (C=S) groups is 1. The standard InChI is InChI=1S/C18H23N3O3S/c1-21(18(25)19-10-5-11-23-2)20-17(22)13-24-16-9-8-14-6-3-4-7-15(14)12-16/h3-4,6-9,12H,5,10-11,13H2,1-2H3,(H,19,25)(H,20,22). The molecule has 0 radical (unpaired) electrons. The van der Waals surface area contributed by atoms with Crippen molar-refractivity contribution in [3.8, 4) is 5.75 Å². The third kappa shape index (κ3) is 6.21. The van der Waals surface area contributed by atoms with Crippen LogP contribution in [0.1, 0.15) is 6.42 Å². The Hall–Kier alpha value is -2.38. The molecule has 2 aromatic rings. The maximum absolute atomic E-state index is 12.0. The van der Waals surface area contributed by atoms with E-state index in [1.807, 2.05) is 42.5 Å². The second-order valence-electron chi connectivity index (χ2n) is 5.47. The van der Waals surface area contributed by atoms with Gasteiger partial charge in [0.2, 0.25) is 0 Å². The first-order valence-electron chi connectivity index (χ1n) is 8.01. The lowest BCUT2D eigenvalue weighted by molar-refractivity contribution is -0.126. The Morgan fingerprint density at radius 3 is 2.72 bits per heavy atom. The van der Waals surface area contributed by atoms with Crippen LogP contribution in [0.3, 0.4) is 0 Å². The van der Waals surface area contributed by atoms with Gasteiger partial charge in [-0.1, -0.05) is 30.3 Å². The monoisotopic (exact) mass is 361 g/mol. The van der Waals surface area contributed by atoms with Gasteiger partial charge in [-0.15, -0.1) is 0 Å². The van der Waals surface area contributed by atoms with Crippen LogP contribution in [-0.2, 0) is 9.53 Å². The van der Waals surface area contributed by atoms with E-state index in [1.54, 1.807) is 14.2 Å². The van der Waals surface area contributed by atoms with E-state index < -0.39 is 0 Å². The fourth-order valence-corrected chi connectivity index (χ4v) is 2.35. The molecule has 0 aromatic heterocycles. The van der Waals surface area contributed by atoms with Crippen molar-refractivity contribution in [3.63, 3.8) is 0 Å². The molecule has 0 spiro atoms. The van der Waals surface area contributed by atoms with Crippen LogP contribution >= 0.6 is 12.2 Å². The average Bonchev–Trinajstić information content (AvgIpc) is 2.63. The van der Waals surface area contributed by atoms with Crippen LogP contribution in [0, 0.1) is 0 Å². The number of rotatable bonds is 7. The molecule has 0 fully saturated rings. The Balaban J connectivity index is 1.76. The van der Waals surface area contributed by atoms with Crippen molar-refractivity contribution in [1.82, 2.24) is 15.8 Å². The molecule has 134 valence electrons. The van der Waals surface area contributed by atoms with Crippen LogP contribution < -0.4 is 15.5 Å². The Bertz CT molecular complexity index is 724. The predicted molar refractivity (Wildman–Crippen MR) is 102 cm³/mol. The molecule has 0 saturated heterocycles. The number of nitrogens with one attached hydrogen (secondary N) is 2. The number of fused-ring (bicyclic) bond motifs is 1. The van der Waals surface area contributed by atoms with E-state index >= 15 is 0 Å². The van der Waals surface area contributed by atoms with Gasteiger partial charge in [-0.25, -0.2) is 0 Å². The number of hydrogen-bond donors (Lipinski definition) is 2. The summed E-state index contributed by atoms with van der Waals surface area (Å²) in [5, 5.41) is 7.14. The maximum Gasteiger partial charge on any atom is 0.276 e. The molecule has 0 unspecified atom stereocenters. The van der Waals surface area contributed by atoms with E-state index in [9.17, 15) is 4.79 Å². The normalized spacial score (nSPS) is 10.3. The van der Waals surface area contributed by atoms with Crippen molar-refractivity contribution in [2.24, 2.45) is 0 Å². The van der Waals surface area contributed by atoms with Crippen LogP contribution in [-0.4, -0.2) is 49.9 Å². The molecule has 25 heavy (non-hydrogen) atoms. The highest BCUT2D eigenvalue weighted by Crippen LogP contribution is 2.20. The van der Waals surface area contributed by atoms with Crippen LogP contribution in [0.5, 0.6) is 5.75 Å². The lowest BCUT2D eigenvalue weighted by Crippen LogP contribution is -2.49. The van der Waals surface area contributed by atoms with E-state index in [0.29, 0.717) is 24.0 Å². The molecule has 7 heteroatoms. The zero-order chi connectivity index (χ0) is 18.1. The lowest BCUT2D eigenvalue weighted by atomic mass is 10.1. The van der Waals surface area contributed by atoms with Crippen molar-refractivity contribution in [2.75, 3.05) is 33.9 Å². The smallest absolute Gasteiger partial charge is 0.276 e. The first-order chi connectivity index (χ1) is 12.1. The molecule has 0 aliphatic carbocycles. The molecule has 0 aliphatic rings. The first kappa shape index (κ1) is 19.0. The Kier molecular flexibility index (Phi) is 7.43. The summed E-state index contributed by atoms with van der Waals surface area (Å²) in [4.78, 5) is 12.0. The number of hydrazine groups is 1. The van der Waals surface area contributed by atoms with Gasteiger partial charge in [0.1, 0.15) is 5.75 Å². The summed E-state index contributed by atoms with van der Waals surface area (Å²) < 4.78 is 10.5. The summed E-state index contributed by atoms with van der Waals surface area (Å²) in [7, 11) is 3.33. The highest BCUT2D eigenvalue weighted by Gasteiger charge is 2.09. The number of nitrogens with zero attached hydrogens (tertiary/aromatic N) is 1. The summed E-state index contributed by atoms with van der Waals surface area (Å²) in [6.45, 7) is 1.25. The molecule has 2 rings (SSSR count). The number of amides is 1. The fraction of sp³-hybridized carbons (Fsp3) is 0.333. The lowest BCUT2D eigenvalue weighted by Gasteiger charge is -2.21. The highest BCUT2D eigenvalue weighted by molar-refractivity contribution is 7.80. The summed E-state index contributed by atoms with van der Waals surface area (Å²) in [5.74, 6) is 0.369.